The highest BCUT2D eigenvalue weighted by molar-refractivity contribution is 6.01. The molecule has 4 aliphatic carbocycles. The fourth-order valence-electron chi connectivity index (χ4n) is 8.46. The van der Waals surface area contributed by atoms with E-state index < -0.39 is 64.4 Å². The molecule has 3 fully saturated rings. The third kappa shape index (κ3) is 3.84. The highest BCUT2D eigenvalue weighted by atomic mass is 19.1. The van der Waals surface area contributed by atoms with Crippen LogP contribution in [0, 0.1) is 28.6 Å². The molecule has 0 saturated heterocycles. The molecule has 38 heavy (non-hydrogen) atoms. The second-order valence-electron chi connectivity index (χ2n) is 12.2. The van der Waals surface area contributed by atoms with Crippen LogP contribution < -0.4 is 0 Å². The van der Waals surface area contributed by atoms with Gasteiger partial charge in [0.25, 0.3) is 0 Å². The Bertz CT molecular complexity index is 1080. The van der Waals surface area contributed by atoms with Gasteiger partial charge in [-0.25, -0.2) is 4.39 Å². The number of rotatable bonds is 8. The number of fused-ring (bicyclic) bond motifs is 5. The van der Waals surface area contributed by atoms with E-state index in [1.165, 1.54) is 12.2 Å². The first-order valence-electron chi connectivity index (χ1n) is 14.0. The van der Waals surface area contributed by atoms with Gasteiger partial charge in [-0.3, -0.25) is 19.2 Å². The van der Waals surface area contributed by atoms with E-state index in [1.54, 1.807) is 13.0 Å². The van der Waals surface area contributed by atoms with E-state index in [9.17, 15) is 24.3 Å². The first-order valence-corrected chi connectivity index (χ1v) is 14.0. The van der Waals surface area contributed by atoms with Crippen LogP contribution in [0.2, 0.25) is 0 Å². The van der Waals surface area contributed by atoms with E-state index in [1.807, 2.05) is 27.7 Å². The van der Waals surface area contributed by atoms with Gasteiger partial charge < -0.3 is 14.6 Å². The third-order valence-corrected chi connectivity index (χ3v) is 10.2. The number of carbonyl (C=O) groups is 4. The molecule has 0 unspecified atom stereocenters. The van der Waals surface area contributed by atoms with Gasteiger partial charge in [-0.1, -0.05) is 39.3 Å². The highest BCUT2D eigenvalue weighted by Crippen LogP contribution is 2.72. The van der Waals surface area contributed by atoms with E-state index in [0.29, 0.717) is 37.7 Å². The van der Waals surface area contributed by atoms with Crippen LogP contribution in [0.4, 0.5) is 4.39 Å². The van der Waals surface area contributed by atoms with Crippen LogP contribution in [0.1, 0.15) is 86.0 Å². The summed E-state index contributed by atoms with van der Waals surface area (Å²) in [6.45, 7) is 8.28. The molecule has 0 heterocycles. The van der Waals surface area contributed by atoms with Crippen molar-refractivity contribution in [2.45, 2.75) is 103 Å². The van der Waals surface area contributed by atoms with E-state index in [-0.39, 0.29) is 31.0 Å². The summed E-state index contributed by atoms with van der Waals surface area (Å²) in [5.41, 5.74) is -5.25. The molecule has 3 saturated carbocycles. The van der Waals surface area contributed by atoms with Crippen molar-refractivity contribution in [3.05, 3.63) is 23.8 Å². The average Bonchev–Trinajstić information content (AvgIpc) is 3.07. The van der Waals surface area contributed by atoms with Crippen molar-refractivity contribution in [2.75, 3.05) is 6.61 Å². The number of allylic oxidation sites excluding steroid dienone is 4. The zero-order valence-electron chi connectivity index (χ0n) is 23.2. The molecule has 0 spiro atoms. The number of ether oxygens (including phenoxy) is 2. The van der Waals surface area contributed by atoms with Gasteiger partial charge in [-0.2, -0.15) is 0 Å². The number of alkyl halides is 1. The van der Waals surface area contributed by atoms with Crippen molar-refractivity contribution < 1.29 is 38.1 Å². The van der Waals surface area contributed by atoms with Crippen LogP contribution in [0.25, 0.3) is 0 Å². The Kier molecular flexibility index (Phi) is 7.54. The van der Waals surface area contributed by atoms with E-state index in [2.05, 4.69) is 0 Å². The van der Waals surface area contributed by atoms with Crippen molar-refractivity contribution in [1.29, 1.82) is 0 Å². The molecule has 0 amide bonds. The molecule has 7 nitrogen and oxygen atoms in total. The number of carbonyl (C=O) groups excluding carboxylic acids is 4. The van der Waals surface area contributed by atoms with Crippen molar-refractivity contribution >= 4 is 23.5 Å². The summed E-state index contributed by atoms with van der Waals surface area (Å²) < 4.78 is 30.1. The van der Waals surface area contributed by atoms with Gasteiger partial charge in [-0.05, 0) is 63.5 Å². The predicted molar refractivity (Wildman–Crippen MR) is 138 cm³/mol. The Hall–Kier alpha value is -2.35. The lowest BCUT2D eigenvalue weighted by Crippen LogP contribution is -2.70. The number of aliphatic hydroxyl groups is 1. The zero-order chi connectivity index (χ0) is 28.1. The number of aliphatic hydroxyl groups excluding tert-OH is 1. The SMILES string of the molecule is CCCC(=O)O[C@H]1C[C@@]2(C)[C@@H](C[C@H](C)[C@]2(OC(=O)CCC)C(=O)CO)[C@@H]2CCC3=CC(=O)C=C[C@]3(C)[C@@]12F. The van der Waals surface area contributed by atoms with Gasteiger partial charge in [0, 0.05) is 35.5 Å². The van der Waals surface area contributed by atoms with Crippen LogP contribution in [0.3, 0.4) is 0 Å². The molecule has 0 aromatic rings. The van der Waals surface area contributed by atoms with E-state index >= 15 is 4.39 Å². The minimum Gasteiger partial charge on any atom is -0.459 e. The number of Topliss-reactive ketones (excluding diaryl/α,β-unsaturated/α-hetero) is 1. The lowest BCUT2D eigenvalue weighted by molar-refractivity contribution is -0.236. The highest BCUT2D eigenvalue weighted by Gasteiger charge is 2.78. The summed E-state index contributed by atoms with van der Waals surface area (Å²) in [5.74, 6) is -3.33. The van der Waals surface area contributed by atoms with Gasteiger partial charge in [0.05, 0.1) is 0 Å². The second kappa shape index (κ2) is 10.00. The van der Waals surface area contributed by atoms with Gasteiger partial charge >= 0.3 is 11.9 Å². The van der Waals surface area contributed by atoms with Crippen molar-refractivity contribution in [3.8, 4) is 0 Å². The number of hydrogen-bond acceptors (Lipinski definition) is 7. The van der Waals surface area contributed by atoms with E-state index in [4.69, 9.17) is 9.47 Å². The predicted octanol–water partition coefficient (Wildman–Crippen LogP) is 4.60. The standard InChI is InChI=1S/C30H41FO7/c1-6-8-25(35)37-24-16-28(5)22(14-18(3)30(28,23(34)17-32)38-26(36)9-7-2)21-11-10-19-15-20(33)12-13-27(19,4)29(21,24)31/h12-13,15,18,21-22,24,32H,6-11,14,16-17H2,1-5H3/t18-,21-,22-,24-,27-,28-,29-,30-/m0/s1. The molecule has 0 radical (unpaired) electrons. The van der Waals surface area contributed by atoms with Crippen LogP contribution in [0.5, 0.6) is 0 Å². The molecule has 1 N–H and O–H groups in total. The number of halogens is 1. The fraction of sp³-hybridized carbons (Fsp3) is 0.733. The monoisotopic (exact) mass is 532 g/mol. The Labute approximate surface area is 224 Å². The summed E-state index contributed by atoms with van der Waals surface area (Å²) in [5, 5.41) is 10.1. The van der Waals surface area contributed by atoms with Crippen molar-refractivity contribution in [1.82, 2.24) is 0 Å². The first kappa shape index (κ1) is 28.7. The maximum absolute atomic E-state index is 18.1. The Morgan fingerprint density at radius 2 is 1.76 bits per heavy atom. The minimum atomic E-state index is -2.03. The van der Waals surface area contributed by atoms with Crippen LogP contribution >= 0.6 is 0 Å². The first-order chi connectivity index (χ1) is 17.8. The minimum absolute atomic E-state index is 0.0414. The van der Waals surface area contributed by atoms with Crippen molar-refractivity contribution in [2.24, 2.45) is 28.6 Å². The van der Waals surface area contributed by atoms with Gasteiger partial charge in [0.1, 0.15) is 12.7 Å². The maximum Gasteiger partial charge on any atom is 0.306 e. The molecular formula is C30H41FO7. The molecule has 8 heteroatoms. The molecule has 0 bridgehead atoms. The van der Waals surface area contributed by atoms with E-state index in [0.717, 1.165) is 0 Å². The number of ketones is 2. The summed E-state index contributed by atoms with van der Waals surface area (Å²) in [6, 6.07) is 0. The molecule has 4 aliphatic rings. The van der Waals surface area contributed by atoms with Gasteiger partial charge in [0.2, 0.25) is 5.78 Å². The third-order valence-electron chi connectivity index (χ3n) is 10.2. The summed E-state index contributed by atoms with van der Waals surface area (Å²) in [7, 11) is 0. The maximum atomic E-state index is 18.1. The molecule has 0 aromatic heterocycles. The van der Waals surface area contributed by atoms with Crippen LogP contribution in [-0.4, -0.2) is 52.6 Å². The zero-order valence-corrected chi connectivity index (χ0v) is 23.2. The summed E-state index contributed by atoms with van der Waals surface area (Å²) in [6.07, 6.45) is 5.84. The largest absolute Gasteiger partial charge is 0.459 e. The van der Waals surface area contributed by atoms with Crippen LogP contribution in [0.15, 0.2) is 23.8 Å². The Morgan fingerprint density at radius 3 is 2.39 bits per heavy atom. The fourth-order valence-corrected chi connectivity index (χ4v) is 8.46. The quantitative estimate of drug-likeness (QED) is 0.456. The topological polar surface area (TPSA) is 107 Å². The smallest absolute Gasteiger partial charge is 0.306 e. The molecule has 8 atom stereocenters. The normalized spacial score (nSPS) is 41.4. The Balaban J connectivity index is 1.89. The van der Waals surface area contributed by atoms with Gasteiger partial charge in [0.15, 0.2) is 17.1 Å². The lowest BCUT2D eigenvalue weighted by atomic mass is 9.44. The average molecular weight is 533 g/mol. The molecule has 0 aromatic carbocycles. The lowest BCUT2D eigenvalue weighted by Gasteiger charge is -2.63. The van der Waals surface area contributed by atoms with Gasteiger partial charge in [-0.15, -0.1) is 0 Å². The number of esters is 2. The molecule has 210 valence electrons. The van der Waals surface area contributed by atoms with Crippen LogP contribution in [-0.2, 0) is 28.7 Å². The number of hydrogen-bond donors (Lipinski definition) is 1. The molecule has 4 rings (SSSR count). The second-order valence-corrected chi connectivity index (χ2v) is 12.2. The molecular weight excluding hydrogens is 491 g/mol. The Morgan fingerprint density at radius 1 is 1.11 bits per heavy atom. The summed E-state index contributed by atoms with van der Waals surface area (Å²) in [4.78, 5) is 51.5. The van der Waals surface area contributed by atoms with Crippen molar-refractivity contribution in [3.63, 3.8) is 0 Å². The summed E-state index contributed by atoms with van der Waals surface area (Å²) >= 11 is 0. The molecule has 0 aliphatic heterocycles.